The van der Waals surface area contributed by atoms with Crippen molar-refractivity contribution in [3.8, 4) is 6.07 Å². The average molecular weight is 222 g/mol. The van der Waals surface area contributed by atoms with Gasteiger partial charge in [0.25, 0.3) is 0 Å². The third kappa shape index (κ3) is 6.34. The molecule has 1 N–H and O–H groups in total. The smallest absolute Gasteiger partial charge is 0.313 e. The number of nitrogens with one attached hydrogen (secondary N) is 1. The lowest BCUT2D eigenvalue weighted by atomic mass is 10.0. The molecule has 0 saturated carbocycles. The van der Waals surface area contributed by atoms with E-state index in [2.05, 4.69) is 5.32 Å². The Morgan fingerprint density at radius 3 is 2.13 bits per heavy atom. The standard InChI is InChI=1S/C10H17F3N2/c1-7(2)4-8(3)15-6-9(5-14)10(11,12)13/h7-9,15H,4,6H2,1-3H3. The lowest BCUT2D eigenvalue weighted by Crippen LogP contribution is -2.37. The number of hydrogen-bond donors (Lipinski definition) is 1. The Bertz CT molecular complexity index is 218. The van der Waals surface area contributed by atoms with E-state index < -0.39 is 12.1 Å². The van der Waals surface area contributed by atoms with Crippen molar-refractivity contribution in [3.05, 3.63) is 0 Å². The molecular formula is C10H17F3N2. The summed E-state index contributed by atoms with van der Waals surface area (Å²) < 4.78 is 36.5. The van der Waals surface area contributed by atoms with Crippen LogP contribution in [0.1, 0.15) is 27.2 Å². The van der Waals surface area contributed by atoms with Crippen LogP contribution in [0.5, 0.6) is 0 Å². The average Bonchev–Trinajstić information content (AvgIpc) is 2.01. The SMILES string of the molecule is CC(C)CC(C)NCC(C#N)C(F)(F)F. The first-order valence-electron chi connectivity index (χ1n) is 4.97. The van der Waals surface area contributed by atoms with E-state index in [1.54, 1.807) is 0 Å². The third-order valence-corrected chi connectivity index (χ3v) is 2.05. The summed E-state index contributed by atoms with van der Waals surface area (Å²) in [5.41, 5.74) is 0. The Labute approximate surface area is 88.5 Å². The maximum Gasteiger partial charge on any atom is 0.405 e. The second-order valence-electron chi connectivity index (χ2n) is 4.16. The first-order chi connectivity index (χ1) is 6.77. The first-order valence-corrected chi connectivity index (χ1v) is 4.97. The Morgan fingerprint density at radius 1 is 1.27 bits per heavy atom. The molecule has 0 heterocycles. The maximum atomic E-state index is 12.2. The van der Waals surface area contributed by atoms with Gasteiger partial charge in [0.15, 0.2) is 5.92 Å². The van der Waals surface area contributed by atoms with Crippen molar-refractivity contribution in [1.29, 1.82) is 5.26 Å². The van der Waals surface area contributed by atoms with Crippen LogP contribution in [0.2, 0.25) is 0 Å². The molecule has 0 bridgehead atoms. The second-order valence-corrected chi connectivity index (χ2v) is 4.16. The Kier molecular flexibility index (Phi) is 5.66. The number of rotatable bonds is 5. The van der Waals surface area contributed by atoms with Crippen molar-refractivity contribution in [1.82, 2.24) is 5.32 Å². The molecule has 0 aliphatic carbocycles. The zero-order valence-corrected chi connectivity index (χ0v) is 9.23. The highest BCUT2D eigenvalue weighted by Crippen LogP contribution is 2.25. The fraction of sp³-hybridized carbons (Fsp3) is 0.900. The van der Waals surface area contributed by atoms with Crippen molar-refractivity contribution in [2.24, 2.45) is 11.8 Å². The summed E-state index contributed by atoms with van der Waals surface area (Å²) >= 11 is 0. The van der Waals surface area contributed by atoms with Gasteiger partial charge < -0.3 is 5.32 Å². The van der Waals surface area contributed by atoms with Gasteiger partial charge in [0.2, 0.25) is 0 Å². The molecule has 2 atom stereocenters. The van der Waals surface area contributed by atoms with E-state index in [1.807, 2.05) is 20.8 Å². The molecular weight excluding hydrogens is 205 g/mol. The minimum atomic E-state index is -4.43. The van der Waals surface area contributed by atoms with Crippen LogP contribution >= 0.6 is 0 Å². The molecule has 0 fully saturated rings. The van der Waals surface area contributed by atoms with E-state index in [4.69, 9.17) is 5.26 Å². The van der Waals surface area contributed by atoms with E-state index >= 15 is 0 Å². The van der Waals surface area contributed by atoms with Gasteiger partial charge in [-0.3, -0.25) is 0 Å². The quantitative estimate of drug-likeness (QED) is 0.776. The summed E-state index contributed by atoms with van der Waals surface area (Å²) in [6.07, 6.45) is -3.63. The van der Waals surface area contributed by atoms with Gasteiger partial charge >= 0.3 is 6.18 Å². The van der Waals surface area contributed by atoms with Gasteiger partial charge in [-0.2, -0.15) is 18.4 Å². The van der Waals surface area contributed by atoms with E-state index in [-0.39, 0.29) is 12.6 Å². The van der Waals surface area contributed by atoms with Crippen molar-refractivity contribution in [3.63, 3.8) is 0 Å². The van der Waals surface area contributed by atoms with Crippen molar-refractivity contribution in [2.45, 2.75) is 39.4 Å². The van der Waals surface area contributed by atoms with E-state index in [1.165, 1.54) is 6.07 Å². The highest BCUT2D eigenvalue weighted by molar-refractivity contribution is 4.90. The highest BCUT2D eigenvalue weighted by Gasteiger charge is 2.39. The van der Waals surface area contributed by atoms with Gasteiger partial charge in [-0.05, 0) is 19.3 Å². The first kappa shape index (κ1) is 14.2. The molecule has 2 nitrogen and oxygen atoms in total. The maximum absolute atomic E-state index is 12.2. The summed E-state index contributed by atoms with van der Waals surface area (Å²) in [4.78, 5) is 0. The van der Waals surface area contributed by atoms with Gasteiger partial charge in [0.05, 0.1) is 6.07 Å². The van der Waals surface area contributed by atoms with Crippen molar-refractivity contribution >= 4 is 0 Å². The highest BCUT2D eigenvalue weighted by atomic mass is 19.4. The zero-order valence-electron chi connectivity index (χ0n) is 9.23. The van der Waals surface area contributed by atoms with Crippen molar-refractivity contribution < 1.29 is 13.2 Å². The van der Waals surface area contributed by atoms with Gasteiger partial charge in [-0.15, -0.1) is 0 Å². The molecule has 2 unspecified atom stereocenters. The van der Waals surface area contributed by atoms with Crippen LogP contribution in [0.25, 0.3) is 0 Å². The molecule has 0 aromatic heterocycles. The minimum Gasteiger partial charge on any atom is -0.313 e. The van der Waals surface area contributed by atoms with Crippen LogP contribution in [0.3, 0.4) is 0 Å². The summed E-state index contributed by atoms with van der Waals surface area (Å²) in [6.45, 7) is 5.51. The molecule has 0 radical (unpaired) electrons. The van der Waals surface area contributed by atoms with E-state index in [0.717, 1.165) is 6.42 Å². The zero-order chi connectivity index (χ0) is 12.1. The van der Waals surface area contributed by atoms with E-state index in [0.29, 0.717) is 5.92 Å². The molecule has 0 aromatic carbocycles. The monoisotopic (exact) mass is 222 g/mol. The number of halogens is 3. The Morgan fingerprint density at radius 2 is 1.80 bits per heavy atom. The van der Waals surface area contributed by atoms with Crippen LogP contribution < -0.4 is 5.32 Å². The normalized spacial score (nSPS) is 16.1. The number of nitrogens with zero attached hydrogens (tertiary/aromatic N) is 1. The second kappa shape index (κ2) is 5.96. The molecule has 0 amide bonds. The topological polar surface area (TPSA) is 35.8 Å². The molecule has 0 saturated heterocycles. The molecule has 0 aliphatic rings. The predicted molar refractivity (Wildman–Crippen MR) is 52.1 cm³/mol. The lowest BCUT2D eigenvalue weighted by Gasteiger charge is -2.19. The molecule has 0 spiro atoms. The van der Waals surface area contributed by atoms with Crippen LogP contribution in [0.4, 0.5) is 13.2 Å². The molecule has 88 valence electrons. The summed E-state index contributed by atoms with van der Waals surface area (Å²) in [6, 6.07) is 1.27. The van der Waals surface area contributed by atoms with Crippen LogP contribution in [0, 0.1) is 23.2 Å². The van der Waals surface area contributed by atoms with Gasteiger partial charge in [0, 0.05) is 12.6 Å². The van der Waals surface area contributed by atoms with E-state index in [9.17, 15) is 13.2 Å². The molecule has 5 heteroatoms. The largest absolute Gasteiger partial charge is 0.405 e. The lowest BCUT2D eigenvalue weighted by molar-refractivity contribution is -0.157. The molecule has 0 rings (SSSR count). The summed E-state index contributed by atoms with van der Waals surface area (Å²) in [7, 11) is 0. The van der Waals surface area contributed by atoms with Crippen molar-refractivity contribution in [2.75, 3.05) is 6.54 Å². The Balaban J connectivity index is 3.98. The van der Waals surface area contributed by atoms with Gasteiger partial charge in [-0.25, -0.2) is 0 Å². The predicted octanol–water partition coefficient (Wildman–Crippen LogP) is 2.71. The van der Waals surface area contributed by atoms with Crippen LogP contribution in [-0.2, 0) is 0 Å². The Hall–Kier alpha value is -0.760. The third-order valence-electron chi connectivity index (χ3n) is 2.05. The number of hydrogen-bond acceptors (Lipinski definition) is 2. The molecule has 15 heavy (non-hydrogen) atoms. The number of nitriles is 1. The summed E-state index contributed by atoms with van der Waals surface area (Å²) in [5, 5.41) is 11.1. The fourth-order valence-corrected chi connectivity index (χ4v) is 1.34. The summed E-state index contributed by atoms with van der Waals surface area (Å²) in [5.74, 6) is -1.48. The van der Waals surface area contributed by atoms with Gasteiger partial charge in [-0.1, -0.05) is 13.8 Å². The van der Waals surface area contributed by atoms with Crippen LogP contribution in [0.15, 0.2) is 0 Å². The fourth-order valence-electron chi connectivity index (χ4n) is 1.34. The molecule has 0 aromatic rings. The molecule has 0 aliphatic heterocycles. The van der Waals surface area contributed by atoms with Crippen LogP contribution in [-0.4, -0.2) is 18.8 Å². The van der Waals surface area contributed by atoms with Gasteiger partial charge in [0.1, 0.15) is 0 Å². The minimum absolute atomic E-state index is 0.00296. The number of alkyl halides is 3.